The van der Waals surface area contributed by atoms with Crippen LogP contribution in [0.4, 0.5) is 8.78 Å². The average Bonchev–Trinajstić information content (AvgIpc) is 2.25. The Balaban J connectivity index is 2.78. The van der Waals surface area contributed by atoms with Crippen LogP contribution in [0.5, 0.6) is 5.88 Å². The smallest absolute Gasteiger partial charge is 0.272 e. The summed E-state index contributed by atoms with van der Waals surface area (Å²) in [6.45, 7) is 1.10. The van der Waals surface area contributed by atoms with Crippen molar-refractivity contribution in [2.45, 2.75) is 26.4 Å². The summed E-state index contributed by atoms with van der Waals surface area (Å²) >= 11 is 0. The van der Waals surface area contributed by atoms with Gasteiger partial charge in [-0.3, -0.25) is 0 Å². The van der Waals surface area contributed by atoms with E-state index in [-0.39, 0.29) is 12.5 Å². The number of hydrogen-bond acceptors (Lipinski definition) is 3. The fraction of sp³-hybridized carbons (Fsp3) is 0.500. The highest BCUT2D eigenvalue weighted by atomic mass is 19.3. The van der Waals surface area contributed by atoms with Gasteiger partial charge in [0.1, 0.15) is 0 Å². The van der Waals surface area contributed by atoms with E-state index in [9.17, 15) is 8.78 Å². The van der Waals surface area contributed by atoms with Crippen molar-refractivity contribution in [3.63, 3.8) is 0 Å². The predicted octanol–water partition coefficient (Wildman–Crippen LogP) is 1.78. The van der Waals surface area contributed by atoms with Gasteiger partial charge in [-0.1, -0.05) is 6.92 Å². The van der Waals surface area contributed by atoms with Crippen LogP contribution in [0.1, 0.15) is 18.1 Å². The lowest BCUT2D eigenvalue weighted by Crippen LogP contribution is -2.09. The molecule has 0 aromatic carbocycles. The van der Waals surface area contributed by atoms with Crippen LogP contribution in [-0.4, -0.2) is 23.1 Å². The third kappa shape index (κ3) is 3.43. The SMILES string of the molecule is CCc1cc(CO)cnc1OCC(F)F. The number of ether oxygens (including phenoxy) is 1. The van der Waals surface area contributed by atoms with Crippen molar-refractivity contribution >= 4 is 0 Å². The Hall–Kier alpha value is -1.23. The largest absolute Gasteiger partial charge is 0.471 e. The van der Waals surface area contributed by atoms with Gasteiger partial charge in [0.15, 0.2) is 6.61 Å². The van der Waals surface area contributed by atoms with E-state index in [0.717, 1.165) is 5.56 Å². The quantitative estimate of drug-likeness (QED) is 0.817. The Morgan fingerprint density at radius 3 is 2.80 bits per heavy atom. The standard InChI is InChI=1S/C10H13F2NO2/c1-2-8-3-7(5-14)4-13-10(8)15-6-9(11)12/h3-4,9,14H,2,5-6H2,1H3. The highest BCUT2D eigenvalue weighted by molar-refractivity contribution is 5.29. The number of aromatic nitrogens is 1. The Kier molecular flexibility index (Phi) is 4.42. The number of aliphatic hydroxyl groups excluding tert-OH is 1. The first-order valence-electron chi connectivity index (χ1n) is 4.67. The molecule has 0 radical (unpaired) electrons. The van der Waals surface area contributed by atoms with Crippen LogP contribution in [-0.2, 0) is 13.0 Å². The molecular formula is C10H13F2NO2. The van der Waals surface area contributed by atoms with Gasteiger partial charge in [-0.05, 0) is 18.1 Å². The number of aliphatic hydroxyl groups is 1. The van der Waals surface area contributed by atoms with Gasteiger partial charge >= 0.3 is 0 Å². The molecule has 0 saturated carbocycles. The van der Waals surface area contributed by atoms with E-state index in [1.54, 1.807) is 6.07 Å². The summed E-state index contributed by atoms with van der Waals surface area (Å²) in [6.07, 6.45) is -0.464. The van der Waals surface area contributed by atoms with Crippen molar-refractivity contribution in [2.75, 3.05) is 6.61 Å². The number of rotatable bonds is 5. The lowest BCUT2D eigenvalue weighted by Gasteiger charge is -2.09. The maximum absolute atomic E-state index is 11.9. The highest BCUT2D eigenvalue weighted by Crippen LogP contribution is 2.17. The number of pyridine rings is 1. The lowest BCUT2D eigenvalue weighted by atomic mass is 10.1. The average molecular weight is 217 g/mol. The van der Waals surface area contributed by atoms with E-state index in [4.69, 9.17) is 9.84 Å². The third-order valence-electron chi connectivity index (χ3n) is 1.89. The first-order chi connectivity index (χ1) is 7.17. The molecule has 0 amide bonds. The summed E-state index contributed by atoms with van der Waals surface area (Å²) in [7, 11) is 0. The lowest BCUT2D eigenvalue weighted by molar-refractivity contribution is 0.0790. The summed E-state index contributed by atoms with van der Waals surface area (Å²) in [4.78, 5) is 3.88. The first kappa shape index (κ1) is 11.8. The monoisotopic (exact) mass is 217 g/mol. The molecule has 0 fully saturated rings. The first-order valence-corrected chi connectivity index (χ1v) is 4.67. The summed E-state index contributed by atoms with van der Waals surface area (Å²) in [6, 6.07) is 1.70. The summed E-state index contributed by atoms with van der Waals surface area (Å²) in [5.74, 6) is 0.218. The maximum Gasteiger partial charge on any atom is 0.272 e. The number of hydrogen-bond donors (Lipinski definition) is 1. The van der Waals surface area contributed by atoms with Crippen LogP contribution in [0.2, 0.25) is 0 Å². The van der Waals surface area contributed by atoms with Gasteiger partial charge in [0.05, 0.1) is 6.61 Å². The van der Waals surface area contributed by atoms with E-state index in [1.807, 2.05) is 6.92 Å². The Bertz CT molecular complexity index is 318. The molecule has 0 spiro atoms. The molecule has 0 aliphatic heterocycles. The Labute approximate surface area is 86.7 Å². The van der Waals surface area contributed by atoms with Gasteiger partial charge in [0, 0.05) is 11.8 Å². The van der Waals surface area contributed by atoms with Crippen molar-refractivity contribution in [3.05, 3.63) is 23.4 Å². The van der Waals surface area contributed by atoms with Crippen molar-refractivity contribution in [1.29, 1.82) is 0 Å². The minimum Gasteiger partial charge on any atom is -0.471 e. The molecule has 0 unspecified atom stereocenters. The topological polar surface area (TPSA) is 42.4 Å². The van der Waals surface area contributed by atoms with Crippen molar-refractivity contribution in [3.8, 4) is 5.88 Å². The van der Waals surface area contributed by atoms with E-state index in [1.165, 1.54) is 6.20 Å². The fourth-order valence-corrected chi connectivity index (χ4v) is 1.16. The predicted molar refractivity (Wildman–Crippen MR) is 51.0 cm³/mol. The summed E-state index contributed by atoms with van der Waals surface area (Å²) in [5, 5.41) is 8.87. The number of halogens is 2. The minimum atomic E-state index is -2.51. The zero-order chi connectivity index (χ0) is 11.3. The molecule has 5 heteroatoms. The zero-order valence-corrected chi connectivity index (χ0v) is 8.41. The molecule has 0 aliphatic carbocycles. The van der Waals surface area contributed by atoms with Crippen LogP contribution in [0.25, 0.3) is 0 Å². The van der Waals surface area contributed by atoms with Crippen LogP contribution >= 0.6 is 0 Å². The number of alkyl halides is 2. The molecule has 15 heavy (non-hydrogen) atoms. The number of aryl methyl sites for hydroxylation is 1. The van der Waals surface area contributed by atoms with Crippen LogP contribution in [0.15, 0.2) is 12.3 Å². The normalized spacial score (nSPS) is 10.7. The van der Waals surface area contributed by atoms with E-state index in [2.05, 4.69) is 4.98 Å². The molecule has 1 aromatic heterocycles. The van der Waals surface area contributed by atoms with E-state index < -0.39 is 13.0 Å². The Morgan fingerprint density at radius 1 is 1.53 bits per heavy atom. The summed E-state index contributed by atoms with van der Waals surface area (Å²) in [5.41, 5.74) is 1.37. The van der Waals surface area contributed by atoms with Crippen LogP contribution in [0.3, 0.4) is 0 Å². The van der Waals surface area contributed by atoms with Crippen LogP contribution in [0, 0.1) is 0 Å². The molecule has 0 saturated heterocycles. The van der Waals surface area contributed by atoms with Crippen LogP contribution < -0.4 is 4.74 Å². The van der Waals surface area contributed by atoms with Crippen molar-refractivity contribution in [1.82, 2.24) is 4.98 Å². The molecule has 1 heterocycles. The molecule has 1 N–H and O–H groups in total. The number of nitrogens with zero attached hydrogens (tertiary/aromatic N) is 1. The molecule has 0 bridgehead atoms. The molecule has 84 valence electrons. The second-order valence-corrected chi connectivity index (χ2v) is 3.02. The molecule has 0 atom stereocenters. The molecular weight excluding hydrogens is 204 g/mol. The van der Waals surface area contributed by atoms with Gasteiger partial charge < -0.3 is 9.84 Å². The van der Waals surface area contributed by atoms with Crippen molar-refractivity contribution in [2.24, 2.45) is 0 Å². The van der Waals surface area contributed by atoms with Crippen molar-refractivity contribution < 1.29 is 18.6 Å². The molecule has 1 rings (SSSR count). The highest BCUT2D eigenvalue weighted by Gasteiger charge is 2.08. The second kappa shape index (κ2) is 5.60. The zero-order valence-electron chi connectivity index (χ0n) is 8.41. The van der Waals surface area contributed by atoms with E-state index >= 15 is 0 Å². The van der Waals surface area contributed by atoms with Gasteiger partial charge in [-0.15, -0.1) is 0 Å². The molecule has 0 aliphatic rings. The molecule has 3 nitrogen and oxygen atoms in total. The second-order valence-electron chi connectivity index (χ2n) is 3.02. The summed E-state index contributed by atoms with van der Waals surface area (Å²) < 4.78 is 28.7. The maximum atomic E-state index is 11.9. The Morgan fingerprint density at radius 2 is 2.27 bits per heavy atom. The third-order valence-corrected chi connectivity index (χ3v) is 1.89. The fourth-order valence-electron chi connectivity index (χ4n) is 1.16. The van der Waals surface area contributed by atoms with Gasteiger partial charge in [0.25, 0.3) is 6.43 Å². The van der Waals surface area contributed by atoms with Gasteiger partial charge in [-0.25, -0.2) is 13.8 Å². The van der Waals surface area contributed by atoms with E-state index in [0.29, 0.717) is 12.0 Å². The van der Waals surface area contributed by atoms with Gasteiger partial charge in [0.2, 0.25) is 5.88 Å². The van der Waals surface area contributed by atoms with Gasteiger partial charge in [-0.2, -0.15) is 0 Å². The molecule has 1 aromatic rings. The minimum absolute atomic E-state index is 0.116.